The van der Waals surface area contributed by atoms with Crippen LogP contribution in [0.4, 0.5) is 0 Å². The fraction of sp³-hybridized carbons (Fsp3) is 0.267. The van der Waals surface area contributed by atoms with Crippen LogP contribution in [0.3, 0.4) is 0 Å². The van der Waals surface area contributed by atoms with Crippen LogP contribution in [0.15, 0.2) is 72.8 Å². The van der Waals surface area contributed by atoms with Crippen molar-refractivity contribution < 1.29 is 4.79 Å². The molecule has 0 atom stereocenters. The standard InChI is InChI=1S/C30H28N4O/c1-33-20-30(21-33)15-17-34(18-16-30)29(35)24-12-14-28-26(19-24)27(31-32-28)13-11-23-9-5-6-10-25(23)22-7-3-2-4-8-22/h2-10,12,14,19H,15-18,20-21H2,1H3,(H,31,32). The van der Waals surface area contributed by atoms with Crippen molar-refractivity contribution in [3.63, 3.8) is 0 Å². The highest BCUT2D eigenvalue weighted by Gasteiger charge is 2.43. The van der Waals surface area contributed by atoms with E-state index in [0.29, 0.717) is 16.7 Å². The van der Waals surface area contributed by atoms with Crippen molar-refractivity contribution in [3.8, 4) is 23.0 Å². The van der Waals surface area contributed by atoms with E-state index < -0.39 is 0 Å². The van der Waals surface area contributed by atoms with Crippen molar-refractivity contribution in [2.24, 2.45) is 5.41 Å². The van der Waals surface area contributed by atoms with E-state index in [1.165, 1.54) is 0 Å². The van der Waals surface area contributed by atoms with E-state index >= 15 is 0 Å². The number of likely N-dealkylation sites (tertiary alicyclic amines) is 2. The summed E-state index contributed by atoms with van der Waals surface area (Å²) in [7, 11) is 2.17. The fourth-order valence-corrected chi connectivity index (χ4v) is 5.61. The van der Waals surface area contributed by atoms with Gasteiger partial charge >= 0.3 is 0 Å². The molecule has 1 amide bonds. The summed E-state index contributed by atoms with van der Waals surface area (Å²) in [4.78, 5) is 17.7. The maximum Gasteiger partial charge on any atom is 0.253 e. The van der Waals surface area contributed by atoms with Crippen LogP contribution in [0.1, 0.15) is 34.5 Å². The highest BCUT2D eigenvalue weighted by Crippen LogP contribution is 2.39. The average molecular weight is 461 g/mol. The van der Waals surface area contributed by atoms with Crippen LogP contribution in [-0.2, 0) is 0 Å². The predicted molar refractivity (Wildman–Crippen MR) is 139 cm³/mol. The zero-order valence-corrected chi connectivity index (χ0v) is 19.9. The fourth-order valence-electron chi connectivity index (χ4n) is 5.61. The molecule has 6 rings (SSSR count). The number of aromatic amines is 1. The number of amides is 1. The molecule has 0 aliphatic carbocycles. The number of hydrogen-bond acceptors (Lipinski definition) is 3. The molecule has 1 spiro atoms. The smallest absolute Gasteiger partial charge is 0.253 e. The van der Waals surface area contributed by atoms with Crippen molar-refractivity contribution in [2.45, 2.75) is 12.8 Å². The number of aromatic nitrogens is 2. The van der Waals surface area contributed by atoms with E-state index in [1.54, 1.807) is 0 Å². The molecule has 35 heavy (non-hydrogen) atoms. The molecule has 3 aromatic carbocycles. The largest absolute Gasteiger partial charge is 0.339 e. The van der Waals surface area contributed by atoms with Gasteiger partial charge in [-0.15, -0.1) is 0 Å². The van der Waals surface area contributed by atoms with Gasteiger partial charge in [0.25, 0.3) is 5.91 Å². The maximum absolute atomic E-state index is 13.3. The monoisotopic (exact) mass is 460 g/mol. The number of fused-ring (bicyclic) bond motifs is 1. The Balaban J connectivity index is 1.26. The van der Waals surface area contributed by atoms with Crippen molar-refractivity contribution in [1.82, 2.24) is 20.0 Å². The molecular weight excluding hydrogens is 432 g/mol. The number of benzene rings is 3. The molecule has 4 aromatic rings. The summed E-state index contributed by atoms with van der Waals surface area (Å²) in [5, 5.41) is 8.39. The molecule has 0 saturated carbocycles. The van der Waals surface area contributed by atoms with Crippen molar-refractivity contribution in [1.29, 1.82) is 0 Å². The molecule has 2 aliphatic heterocycles. The van der Waals surface area contributed by atoms with Crippen LogP contribution in [0.5, 0.6) is 0 Å². The Bertz CT molecular complexity index is 1440. The highest BCUT2D eigenvalue weighted by molar-refractivity contribution is 5.99. The molecule has 1 aromatic heterocycles. The molecule has 2 fully saturated rings. The summed E-state index contributed by atoms with van der Waals surface area (Å²) in [5.41, 5.74) is 5.86. The van der Waals surface area contributed by atoms with Crippen LogP contribution >= 0.6 is 0 Å². The number of nitrogens with zero attached hydrogens (tertiary/aromatic N) is 3. The van der Waals surface area contributed by atoms with Gasteiger partial charge < -0.3 is 9.80 Å². The summed E-state index contributed by atoms with van der Waals surface area (Å²) in [5.74, 6) is 6.66. The first-order valence-corrected chi connectivity index (χ1v) is 12.2. The molecule has 1 N–H and O–H groups in total. The van der Waals surface area contributed by atoms with Crippen molar-refractivity contribution in [2.75, 3.05) is 33.2 Å². The van der Waals surface area contributed by atoms with Gasteiger partial charge in [-0.3, -0.25) is 9.89 Å². The van der Waals surface area contributed by atoms with Gasteiger partial charge in [0.05, 0.1) is 5.52 Å². The lowest BCUT2D eigenvalue weighted by Crippen LogP contribution is -2.59. The third-order valence-electron chi connectivity index (χ3n) is 7.46. The number of carbonyl (C=O) groups is 1. The molecule has 0 bridgehead atoms. The van der Waals surface area contributed by atoms with Crippen LogP contribution in [-0.4, -0.2) is 59.1 Å². The molecule has 0 unspecified atom stereocenters. The van der Waals surface area contributed by atoms with Crippen LogP contribution in [0, 0.1) is 17.3 Å². The zero-order chi connectivity index (χ0) is 23.8. The van der Waals surface area contributed by atoms with E-state index in [2.05, 4.69) is 52.2 Å². The Morgan fingerprint density at radius 2 is 1.69 bits per heavy atom. The SMILES string of the molecule is CN1CC2(CCN(C(=O)c3ccc4[nH]nc(C#Cc5ccccc5-c5ccccc5)c4c3)CC2)C1. The molecule has 174 valence electrons. The quantitative estimate of drug-likeness (QED) is 0.438. The molecule has 0 radical (unpaired) electrons. The van der Waals surface area contributed by atoms with Gasteiger partial charge in [0.1, 0.15) is 5.69 Å². The summed E-state index contributed by atoms with van der Waals surface area (Å²) in [6.07, 6.45) is 2.18. The second-order valence-corrected chi connectivity index (χ2v) is 9.96. The lowest BCUT2D eigenvalue weighted by molar-refractivity contribution is -0.0268. The van der Waals surface area contributed by atoms with E-state index in [0.717, 1.165) is 66.6 Å². The second kappa shape index (κ2) is 8.72. The number of rotatable bonds is 2. The summed E-state index contributed by atoms with van der Waals surface area (Å²) in [6, 6.07) is 24.2. The Hall–Kier alpha value is -3.88. The molecular formula is C30H28N4O. The van der Waals surface area contributed by atoms with Crippen molar-refractivity contribution in [3.05, 3.63) is 89.6 Å². The first-order valence-electron chi connectivity index (χ1n) is 12.2. The van der Waals surface area contributed by atoms with E-state index in [9.17, 15) is 4.79 Å². The third kappa shape index (κ3) is 4.11. The zero-order valence-electron chi connectivity index (χ0n) is 19.9. The Morgan fingerprint density at radius 3 is 2.46 bits per heavy atom. The van der Waals surface area contributed by atoms with Gasteiger partial charge in [-0.05, 0) is 66.6 Å². The van der Waals surface area contributed by atoms with Gasteiger partial charge in [0, 0.05) is 42.7 Å². The first-order chi connectivity index (χ1) is 17.1. The number of H-pyrrole nitrogens is 1. The third-order valence-corrected chi connectivity index (χ3v) is 7.46. The van der Waals surface area contributed by atoms with Gasteiger partial charge in [-0.2, -0.15) is 5.10 Å². The number of nitrogens with one attached hydrogen (secondary N) is 1. The van der Waals surface area contributed by atoms with Crippen LogP contribution in [0.25, 0.3) is 22.0 Å². The Labute approximate surface area is 205 Å². The Kier molecular flexibility index (Phi) is 5.39. The van der Waals surface area contributed by atoms with Crippen molar-refractivity contribution >= 4 is 16.8 Å². The predicted octanol–water partition coefficient (Wildman–Crippen LogP) is 4.80. The van der Waals surface area contributed by atoms with Crippen LogP contribution < -0.4 is 0 Å². The number of hydrogen-bond donors (Lipinski definition) is 1. The topological polar surface area (TPSA) is 52.2 Å². The highest BCUT2D eigenvalue weighted by atomic mass is 16.2. The number of carbonyl (C=O) groups excluding carboxylic acids is 1. The maximum atomic E-state index is 13.3. The summed E-state index contributed by atoms with van der Waals surface area (Å²) >= 11 is 0. The minimum atomic E-state index is 0.101. The molecule has 5 heteroatoms. The van der Waals surface area contributed by atoms with Gasteiger partial charge in [0.15, 0.2) is 0 Å². The lowest BCUT2D eigenvalue weighted by Gasteiger charge is -2.52. The minimum Gasteiger partial charge on any atom is -0.339 e. The normalized spacial score (nSPS) is 17.1. The minimum absolute atomic E-state index is 0.101. The van der Waals surface area contributed by atoms with Gasteiger partial charge in [-0.25, -0.2) is 0 Å². The van der Waals surface area contributed by atoms with Gasteiger partial charge in [0.2, 0.25) is 0 Å². The molecule has 2 aliphatic rings. The Morgan fingerprint density at radius 1 is 0.943 bits per heavy atom. The first kappa shape index (κ1) is 21.6. The van der Waals surface area contributed by atoms with Crippen LogP contribution in [0.2, 0.25) is 0 Å². The average Bonchev–Trinajstić information content (AvgIpc) is 3.29. The second-order valence-electron chi connectivity index (χ2n) is 9.96. The molecule has 5 nitrogen and oxygen atoms in total. The summed E-state index contributed by atoms with van der Waals surface area (Å²) in [6.45, 7) is 3.98. The number of piperidine rings is 1. The molecule has 3 heterocycles. The lowest BCUT2D eigenvalue weighted by atomic mass is 9.72. The molecule has 2 saturated heterocycles. The summed E-state index contributed by atoms with van der Waals surface area (Å²) < 4.78 is 0. The van der Waals surface area contributed by atoms with E-state index in [1.807, 2.05) is 59.5 Å². The van der Waals surface area contributed by atoms with E-state index in [4.69, 9.17) is 0 Å². The van der Waals surface area contributed by atoms with Gasteiger partial charge in [-0.1, -0.05) is 54.5 Å². The van der Waals surface area contributed by atoms with E-state index in [-0.39, 0.29) is 5.91 Å².